The molecule has 1 saturated carbocycles. The Balaban J connectivity index is 1.77. The van der Waals surface area contributed by atoms with E-state index >= 15 is 0 Å². The second-order valence-corrected chi connectivity index (χ2v) is 10.3. The van der Waals surface area contributed by atoms with Crippen molar-refractivity contribution in [2.75, 3.05) is 26.3 Å². The number of ether oxygens (including phenoxy) is 2. The Morgan fingerprint density at radius 3 is 2.64 bits per heavy atom. The van der Waals surface area contributed by atoms with Crippen LogP contribution >= 0.6 is 0 Å². The van der Waals surface area contributed by atoms with Gasteiger partial charge in [0.2, 0.25) is 11.8 Å². The van der Waals surface area contributed by atoms with Crippen LogP contribution in [0.2, 0.25) is 0 Å². The van der Waals surface area contributed by atoms with E-state index in [9.17, 15) is 19.5 Å². The van der Waals surface area contributed by atoms with Crippen LogP contribution in [0.5, 0.6) is 0 Å². The van der Waals surface area contributed by atoms with Gasteiger partial charge in [-0.2, -0.15) is 0 Å². The van der Waals surface area contributed by atoms with Gasteiger partial charge in [-0.3, -0.25) is 14.4 Å². The van der Waals surface area contributed by atoms with E-state index in [2.05, 4.69) is 6.58 Å². The summed E-state index contributed by atoms with van der Waals surface area (Å²) in [5.41, 5.74) is -1.96. The minimum absolute atomic E-state index is 0.0251. The first kappa shape index (κ1) is 24.2. The van der Waals surface area contributed by atoms with Gasteiger partial charge in [0.05, 0.1) is 24.7 Å². The second kappa shape index (κ2) is 9.02. The normalized spacial score (nSPS) is 37.8. The standard InChI is InChI=1S/C25H38N2O6/c1-5-12-26(17-10-8-7-9-11-17)22(30)20-25-15-16(3)24(4,33-25)19(23(31)32-6-2)18(25)21(29)27(20)13-14-28/h5,16-20,28H,1,6-15H2,2-4H3/t16?,18-,19-,20?,24+,25?/m0/s1. The van der Waals surface area contributed by atoms with Crippen LogP contribution in [0.3, 0.4) is 0 Å². The Bertz CT molecular complexity index is 811. The summed E-state index contributed by atoms with van der Waals surface area (Å²) in [4.78, 5) is 44.3. The molecular weight excluding hydrogens is 424 g/mol. The maximum atomic E-state index is 14.2. The number of hydrogen-bond donors (Lipinski definition) is 1. The van der Waals surface area contributed by atoms with Crippen molar-refractivity contribution in [1.82, 2.24) is 9.80 Å². The first-order valence-electron chi connectivity index (χ1n) is 12.5. The maximum Gasteiger partial charge on any atom is 0.312 e. The molecule has 8 nitrogen and oxygen atoms in total. The summed E-state index contributed by atoms with van der Waals surface area (Å²) in [5.74, 6) is -2.47. The van der Waals surface area contributed by atoms with Gasteiger partial charge in [0, 0.05) is 19.1 Å². The zero-order valence-corrected chi connectivity index (χ0v) is 20.1. The van der Waals surface area contributed by atoms with Crippen molar-refractivity contribution in [1.29, 1.82) is 0 Å². The molecule has 3 aliphatic heterocycles. The predicted octanol–water partition coefficient (Wildman–Crippen LogP) is 1.90. The minimum atomic E-state index is -1.09. The molecule has 4 aliphatic rings. The Morgan fingerprint density at radius 2 is 2.03 bits per heavy atom. The number of likely N-dealkylation sites (tertiary alicyclic amines) is 1. The van der Waals surface area contributed by atoms with Gasteiger partial charge in [0.25, 0.3) is 0 Å². The van der Waals surface area contributed by atoms with Crippen molar-refractivity contribution in [2.24, 2.45) is 17.8 Å². The third-order valence-electron chi connectivity index (χ3n) is 8.55. The number of rotatable bonds is 8. The largest absolute Gasteiger partial charge is 0.466 e. The molecule has 0 aromatic carbocycles. The van der Waals surface area contributed by atoms with Crippen LogP contribution < -0.4 is 0 Å². The van der Waals surface area contributed by atoms with Crippen molar-refractivity contribution in [3.8, 4) is 0 Å². The first-order chi connectivity index (χ1) is 15.8. The molecule has 3 heterocycles. The molecule has 0 aromatic rings. The van der Waals surface area contributed by atoms with E-state index < -0.39 is 35.0 Å². The molecule has 184 valence electrons. The van der Waals surface area contributed by atoms with E-state index in [1.54, 1.807) is 13.0 Å². The zero-order valence-electron chi connectivity index (χ0n) is 20.1. The fraction of sp³-hybridized carbons (Fsp3) is 0.800. The highest BCUT2D eigenvalue weighted by Gasteiger charge is 2.80. The monoisotopic (exact) mass is 462 g/mol. The summed E-state index contributed by atoms with van der Waals surface area (Å²) in [5, 5.41) is 9.76. The summed E-state index contributed by atoms with van der Waals surface area (Å²) in [6.07, 6.45) is 7.40. The molecule has 6 atom stereocenters. The lowest BCUT2D eigenvalue weighted by Gasteiger charge is -2.40. The Hall–Kier alpha value is -1.93. The van der Waals surface area contributed by atoms with Crippen molar-refractivity contribution in [3.05, 3.63) is 12.7 Å². The van der Waals surface area contributed by atoms with Crippen LogP contribution in [-0.2, 0) is 23.9 Å². The molecule has 33 heavy (non-hydrogen) atoms. The van der Waals surface area contributed by atoms with Crippen LogP contribution in [0.25, 0.3) is 0 Å². The summed E-state index contributed by atoms with van der Waals surface area (Å²) in [6, 6.07) is -0.772. The highest BCUT2D eigenvalue weighted by atomic mass is 16.6. The van der Waals surface area contributed by atoms with E-state index in [1.807, 2.05) is 18.7 Å². The number of carbonyl (C=O) groups is 3. The summed E-state index contributed by atoms with van der Waals surface area (Å²) < 4.78 is 12.0. The molecule has 1 aliphatic carbocycles. The van der Waals surface area contributed by atoms with Crippen molar-refractivity contribution in [3.63, 3.8) is 0 Å². The van der Waals surface area contributed by atoms with Gasteiger partial charge in [0.1, 0.15) is 17.6 Å². The van der Waals surface area contributed by atoms with E-state index in [0.717, 1.165) is 32.1 Å². The van der Waals surface area contributed by atoms with Crippen LogP contribution in [-0.4, -0.2) is 82.3 Å². The molecular formula is C25H38N2O6. The van der Waals surface area contributed by atoms with Crippen molar-refractivity contribution in [2.45, 2.75) is 82.6 Å². The smallest absolute Gasteiger partial charge is 0.312 e. The van der Waals surface area contributed by atoms with E-state index in [4.69, 9.17) is 9.47 Å². The molecule has 2 amide bonds. The van der Waals surface area contributed by atoms with Gasteiger partial charge >= 0.3 is 5.97 Å². The van der Waals surface area contributed by atoms with Gasteiger partial charge in [-0.05, 0) is 39.0 Å². The Kier molecular flexibility index (Phi) is 6.62. The Morgan fingerprint density at radius 1 is 1.33 bits per heavy atom. The summed E-state index contributed by atoms with van der Waals surface area (Å²) in [6.45, 7) is 9.87. The lowest BCUT2D eigenvalue weighted by atomic mass is 9.62. The summed E-state index contributed by atoms with van der Waals surface area (Å²) in [7, 11) is 0. The molecule has 1 spiro atoms. The molecule has 3 saturated heterocycles. The van der Waals surface area contributed by atoms with Gasteiger partial charge in [-0.25, -0.2) is 0 Å². The number of aliphatic hydroxyl groups is 1. The highest BCUT2D eigenvalue weighted by Crippen LogP contribution is 2.65. The number of β-amino-alcohol motifs (C(OH)–C–C–N with tert-alkyl or cyclic N) is 1. The quantitative estimate of drug-likeness (QED) is 0.437. The molecule has 2 bridgehead atoms. The van der Waals surface area contributed by atoms with Crippen LogP contribution in [0, 0.1) is 17.8 Å². The lowest BCUT2D eigenvalue weighted by molar-refractivity contribution is -0.162. The maximum absolute atomic E-state index is 14.2. The fourth-order valence-electron chi connectivity index (χ4n) is 7.06. The number of nitrogens with zero attached hydrogens (tertiary/aromatic N) is 2. The highest BCUT2D eigenvalue weighted by molar-refractivity contribution is 5.98. The molecule has 8 heteroatoms. The van der Waals surface area contributed by atoms with Crippen LogP contribution in [0.4, 0.5) is 0 Å². The van der Waals surface area contributed by atoms with Crippen molar-refractivity contribution >= 4 is 17.8 Å². The van der Waals surface area contributed by atoms with Gasteiger partial charge in [0.15, 0.2) is 0 Å². The number of esters is 1. The number of fused-ring (bicyclic) bond motifs is 1. The van der Waals surface area contributed by atoms with Gasteiger partial charge in [-0.15, -0.1) is 6.58 Å². The second-order valence-electron chi connectivity index (χ2n) is 10.3. The van der Waals surface area contributed by atoms with Crippen molar-refractivity contribution < 1.29 is 29.0 Å². The number of carbonyl (C=O) groups excluding carboxylic acids is 3. The summed E-state index contributed by atoms with van der Waals surface area (Å²) >= 11 is 0. The zero-order chi connectivity index (χ0) is 24.0. The fourth-order valence-corrected chi connectivity index (χ4v) is 7.06. The van der Waals surface area contributed by atoms with E-state index in [1.165, 1.54) is 4.90 Å². The average Bonchev–Trinajstić information content (AvgIpc) is 3.30. The molecule has 4 rings (SSSR count). The number of aliphatic hydroxyl groups excluding tert-OH is 1. The van der Waals surface area contributed by atoms with E-state index in [0.29, 0.717) is 13.0 Å². The third kappa shape index (κ3) is 3.52. The first-order valence-corrected chi connectivity index (χ1v) is 12.5. The molecule has 1 N–H and O–H groups in total. The third-order valence-corrected chi connectivity index (χ3v) is 8.55. The Labute approximate surface area is 196 Å². The lowest BCUT2D eigenvalue weighted by Crippen LogP contribution is -2.58. The number of amides is 2. The van der Waals surface area contributed by atoms with E-state index in [-0.39, 0.29) is 43.5 Å². The SMILES string of the molecule is C=CCN(C(=O)C1N(CCO)C(=O)[C@@H]2[C@@H](C(=O)OCC)[C@]3(C)OC12CC3C)C1CCCCC1. The van der Waals surface area contributed by atoms with Gasteiger partial charge in [-0.1, -0.05) is 32.3 Å². The molecule has 0 radical (unpaired) electrons. The predicted molar refractivity (Wildman–Crippen MR) is 121 cm³/mol. The molecule has 3 unspecified atom stereocenters. The van der Waals surface area contributed by atoms with Crippen LogP contribution in [0.15, 0.2) is 12.7 Å². The topological polar surface area (TPSA) is 96.4 Å². The van der Waals surface area contributed by atoms with Gasteiger partial charge < -0.3 is 24.4 Å². The molecule has 0 aromatic heterocycles. The number of hydrogen-bond acceptors (Lipinski definition) is 6. The van der Waals surface area contributed by atoms with Crippen LogP contribution in [0.1, 0.15) is 59.3 Å². The average molecular weight is 463 g/mol. The molecule has 4 fully saturated rings. The minimum Gasteiger partial charge on any atom is -0.466 e.